The number of hydrogen-bond acceptors (Lipinski definition) is 3. The molecule has 1 N–H and O–H groups in total. The predicted octanol–water partition coefficient (Wildman–Crippen LogP) is 2.35. The first-order valence-corrected chi connectivity index (χ1v) is 6.06. The first-order valence-electron chi connectivity index (χ1n) is 5.69. The zero-order valence-corrected chi connectivity index (χ0v) is 10.0. The van der Waals surface area contributed by atoms with E-state index in [2.05, 4.69) is 9.55 Å². The van der Waals surface area contributed by atoms with Crippen molar-refractivity contribution in [3.8, 4) is 11.6 Å². The van der Waals surface area contributed by atoms with Crippen molar-refractivity contribution >= 4 is 11.6 Å². The number of furan rings is 1. The van der Waals surface area contributed by atoms with Crippen LogP contribution in [0, 0.1) is 5.92 Å². The zero-order chi connectivity index (χ0) is 11.8. The third-order valence-electron chi connectivity index (χ3n) is 3.25. The summed E-state index contributed by atoms with van der Waals surface area (Å²) in [5.74, 6) is 1.87. The number of aromatic nitrogens is 2. The lowest BCUT2D eigenvalue weighted by atomic mass is 9.97. The largest absolute Gasteiger partial charge is 0.441 e. The highest BCUT2D eigenvalue weighted by molar-refractivity contribution is 6.28. The number of fused-ring (bicyclic) bond motifs is 1. The van der Waals surface area contributed by atoms with E-state index in [0.29, 0.717) is 16.9 Å². The second-order valence-electron chi connectivity index (χ2n) is 4.37. The number of imidazole rings is 1. The van der Waals surface area contributed by atoms with Crippen LogP contribution in [0.15, 0.2) is 22.7 Å². The van der Waals surface area contributed by atoms with E-state index in [1.54, 1.807) is 6.07 Å². The third-order valence-corrected chi connectivity index (χ3v) is 3.45. The van der Waals surface area contributed by atoms with E-state index in [-0.39, 0.29) is 6.61 Å². The molecule has 0 saturated heterocycles. The Labute approximate surface area is 104 Å². The monoisotopic (exact) mass is 252 g/mol. The maximum Gasteiger partial charge on any atom is 0.194 e. The standard InChI is InChI=1S/C12H13ClN2O2/c13-11-2-1-10(17-11)12-14-6-9-5-8(7-16)3-4-15(9)12/h1-2,6,8,16H,3-5,7H2. The van der Waals surface area contributed by atoms with Crippen molar-refractivity contribution < 1.29 is 9.52 Å². The van der Waals surface area contributed by atoms with Crippen LogP contribution in [-0.4, -0.2) is 21.3 Å². The van der Waals surface area contributed by atoms with Crippen LogP contribution in [0.1, 0.15) is 12.1 Å². The summed E-state index contributed by atoms with van der Waals surface area (Å²) >= 11 is 5.77. The fourth-order valence-corrected chi connectivity index (χ4v) is 2.47. The van der Waals surface area contributed by atoms with Crippen LogP contribution < -0.4 is 0 Å². The molecule has 90 valence electrons. The molecule has 0 bridgehead atoms. The minimum absolute atomic E-state index is 0.243. The summed E-state index contributed by atoms with van der Waals surface area (Å²) in [6.07, 6.45) is 3.70. The average Bonchev–Trinajstić information content (AvgIpc) is 2.93. The highest BCUT2D eigenvalue weighted by atomic mass is 35.5. The van der Waals surface area contributed by atoms with Crippen molar-refractivity contribution in [3.05, 3.63) is 29.2 Å². The Morgan fingerprint density at radius 2 is 2.41 bits per heavy atom. The molecule has 3 heterocycles. The molecule has 0 aliphatic carbocycles. The van der Waals surface area contributed by atoms with Gasteiger partial charge in [0.15, 0.2) is 16.8 Å². The minimum atomic E-state index is 0.243. The quantitative estimate of drug-likeness (QED) is 0.893. The van der Waals surface area contributed by atoms with Gasteiger partial charge < -0.3 is 14.1 Å². The first kappa shape index (κ1) is 10.9. The van der Waals surface area contributed by atoms with Gasteiger partial charge in [-0.2, -0.15) is 0 Å². The Hall–Kier alpha value is -1.26. The number of hydrogen-bond donors (Lipinski definition) is 1. The summed E-state index contributed by atoms with van der Waals surface area (Å²) in [7, 11) is 0. The van der Waals surface area contributed by atoms with Crippen LogP contribution in [0.4, 0.5) is 0 Å². The van der Waals surface area contributed by atoms with Crippen LogP contribution in [0.5, 0.6) is 0 Å². The minimum Gasteiger partial charge on any atom is -0.441 e. The van der Waals surface area contributed by atoms with Crippen LogP contribution in [0.3, 0.4) is 0 Å². The Balaban J connectivity index is 1.96. The van der Waals surface area contributed by atoms with E-state index in [1.165, 1.54) is 0 Å². The normalized spacial score (nSPS) is 19.3. The van der Waals surface area contributed by atoms with E-state index in [9.17, 15) is 5.11 Å². The highest BCUT2D eigenvalue weighted by Gasteiger charge is 2.22. The molecule has 0 radical (unpaired) electrons. The molecule has 0 spiro atoms. The summed E-state index contributed by atoms with van der Waals surface area (Å²) in [6.45, 7) is 1.11. The van der Waals surface area contributed by atoms with Gasteiger partial charge in [-0.15, -0.1) is 0 Å². The molecular formula is C12H13ClN2O2. The molecule has 2 aromatic heterocycles. The number of rotatable bonds is 2. The van der Waals surface area contributed by atoms with E-state index in [4.69, 9.17) is 16.0 Å². The fourth-order valence-electron chi connectivity index (χ4n) is 2.32. The van der Waals surface area contributed by atoms with Gasteiger partial charge in [0, 0.05) is 25.0 Å². The smallest absolute Gasteiger partial charge is 0.194 e. The molecule has 0 amide bonds. The maximum absolute atomic E-state index is 9.18. The summed E-state index contributed by atoms with van der Waals surface area (Å²) in [6, 6.07) is 3.55. The predicted molar refractivity (Wildman–Crippen MR) is 63.8 cm³/mol. The van der Waals surface area contributed by atoms with Gasteiger partial charge in [-0.1, -0.05) is 0 Å². The first-order chi connectivity index (χ1) is 8.28. The molecule has 0 fully saturated rings. The second kappa shape index (κ2) is 4.20. The maximum atomic E-state index is 9.18. The molecule has 17 heavy (non-hydrogen) atoms. The fraction of sp³-hybridized carbons (Fsp3) is 0.417. The summed E-state index contributed by atoms with van der Waals surface area (Å²) in [5.41, 5.74) is 1.15. The van der Waals surface area contributed by atoms with Gasteiger partial charge in [0.2, 0.25) is 0 Å². The van der Waals surface area contributed by atoms with E-state index >= 15 is 0 Å². The van der Waals surface area contributed by atoms with Gasteiger partial charge in [-0.05, 0) is 42.5 Å². The van der Waals surface area contributed by atoms with Crippen LogP contribution in [0.25, 0.3) is 11.6 Å². The Bertz CT molecular complexity index is 532. The van der Waals surface area contributed by atoms with E-state index in [0.717, 1.165) is 30.9 Å². The van der Waals surface area contributed by atoms with Crippen LogP contribution >= 0.6 is 11.6 Å². The van der Waals surface area contributed by atoms with Gasteiger partial charge in [-0.25, -0.2) is 4.98 Å². The topological polar surface area (TPSA) is 51.2 Å². The van der Waals surface area contributed by atoms with Crippen molar-refractivity contribution in [1.29, 1.82) is 0 Å². The second-order valence-corrected chi connectivity index (χ2v) is 4.74. The van der Waals surface area contributed by atoms with Gasteiger partial charge in [0.25, 0.3) is 0 Å². The lowest BCUT2D eigenvalue weighted by molar-refractivity contribution is 0.201. The van der Waals surface area contributed by atoms with Gasteiger partial charge in [0.05, 0.1) is 0 Å². The molecule has 1 aliphatic rings. The molecule has 1 unspecified atom stereocenters. The van der Waals surface area contributed by atoms with Crippen molar-refractivity contribution in [2.45, 2.75) is 19.4 Å². The van der Waals surface area contributed by atoms with Gasteiger partial charge in [0.1, 0.15) is 0 Å². The van der Waals surface area contributed by atoms with Crippen molar-refractivity contribution in [1.82, 2.24) is 9.55 Å². The number of aliphatic hydroxyl groups is 1. The average molecular weight is 253 g/mol. The summed E-state index contributed by atoms with van der Waals surface area (Å²) < 4.78 is 7.52. The molecule has 0 aromatic carbocycles. The molecule has 4 nitrogen and oxygen atoms in total. The van der Waals surface area contributed by atoms with Crippen LogP contribution in [0.2, 0.25) is 5.22 Å². The number of aliphatic hydroxyl groups excluding tert-OH is 1. The van der Waals surface area contributed by atoms with Crippen molar-refractivity contribution in [2.24, 2.45) is 5.92 Å². The SMILES string of the molecule is OCC1CCn2c(cnc2-c2ccc(Cl)o2)C1. The Morgan fingerprint density at radius 3 is 3.12 bits per heavy atom. The number of nitrogens with zero attached hydrogens (tertiary/aromatic N) is 2. The molecule has 0 saturated carbocycles. The van der Waals surface area contributed by atoms with Gasteiger partial charge >= 0.3 is 0 Å². The molecule has 2 aromatic rings. The summed E-state index contributed by atoms with van der Waals surface area (Å²) in [5, 5.41) is 9.55. The molecule has 5 heteroatoms. The number of halogens is 1. The lowest BCUT2D eigenvalue weighted by Crippen LogP contribution is -2.21. The van der Waals surface area contributed by atoms with Gasteiger partial charge in [-0.3, -0.25) is 0 Å². The molecule has 1 atom stereocenters. The lowest BCUT2D eigenvalue weighted by Gasteiger charge is -2.22. The van der Waals surface area contributed by atoms with Crippen molar-refractivity contribution in [3.63, 3.8) is 0 Å². The summed E-state index contributed by atoms with van der Waals surface area (Å²) in [4.78, 5) is 4.38. The Kier molecular flexibility index (Phi) is 2.68. The highest BCUT2D eigenvalue weighted by Crippen LogP contribution is 2.29. The van der Waals surface area contributed by atoms with Crippen molar-refractivity contribution in [2.75, 3.05) is 6.61 Å². The third kappa shape index (κ3) is 1.87. The molecule has 1 aliphatic heterocycles. The Morgan fingerprint density at radius 1 is 1.53 bits per heavy atom. The van der Waals surface area contributed by atoms with E-state index < -0.39 is 0 Å². The van der Waals surface area contributed by atoms with Crippen LogP contribution in [-0.2, 0) is 13.0 Å². The zero-order valence-electron chi connectivity index (χ0n) is 9.27. The molecular weight excluding hydrogens is 240 g/mol. The molecule has 3 rings (SSSR count). The van der Waals surface area contributed by atoms with E-state index in [1.807, 2.05) is 12.3 Å².